The van der Waals surface area contributed by atoms with Crippen molar-refractivity contribution in [2.75, 3.05) is 15.4 Å². The van der Waals surface area contributed by atoms with Crippen molar-refractivity contribution < 1.29 is 18.0 Å². The first-order chi connectivity index (χ1) is 12.2. The van der Waals surface area contributed by atoms with E-state index in [1.807, 2.05) is 19.1 Å². The van der Waals surface area contributed by atoms with Gasteiger partial charge in [0.1, 0.15) is 0 Å². The second-order valence-corrected chi connectivity index (χ2v) is 8.48. The van der Waals surface area contributed by atoms with E-state index in [1.165, 1.54) is 18.2 Å². The number of carbonyl (C=O) groups is 2. The highest BCUT2D eigenvalue weighted by atomic mass is 35.5. The van der Waals surface area contributed by atoms with Crippen LogP contribution < -0.4 is 9.62 Å². The van der Waals surface area contributed by atoms with E-state index in [2.05, 4.69) is 5.32 Å². The molecule has 0 unspecified atom stereocenters. The minimum Gasteiger partial charge on any atom is -0.322 e. The number of benzene rings is 2. The number of amides is 2. The van der Waals surface area contributed by atoms with Crippen molar-refractivity contribution in [3.8, 4) is 0 Å². The number of hydrogen-bond acceptors (Lipinski definition) is 4. The lowest BCUT2D eigenvalue weighted by Crippen LogP contribution is -2.30. The fraction of sp³-hybridized carbons (Fsp3) is 0.222. The molecule has 0 aliphatic carbocycles. The van der Waals surface area contributed by atoms with E-state index in [4.69, 9.17) is 11.6 Å². The fourth-order valence-electron chi connectivity index (χ4n) is 2.80. The van der Waals surface area contributed by atoms with Crippen LogP contribution in [0.3, 0.4) is 0 Å². The summed E-state index contributed by atoms with van der Waals surface area (Å²) in [7, 11) is -3.72. The molecule has 0 bridgehead atoms. The Bertz CT molecular complexity index is 1000. The molecule has 0 aromatic heterocycles. The molecule has 2 amide bonds. The van der Waals surface area contributed by atoms with E-state index < -0.39 is 27.8 Å². The average molecular weight is 393 g/mol. The van der Waals surface area contributed by atoms with Crippen LogP contribution in [0.25, 0.3) is 0 Å². The van der Waals surface area contributed by atoms with Gasteiger partial charge in [0.05, 0.1) is 27.9 Å². The minimum absolute atomic E-state index is 0.0659. The van der Waals surface area contributed by atoms with Gasteiger partial charge in [-0.2, -0.15) is 0 Å². The maximum absolute atomic E-state index is 12.5. The number of carbonyl (C=O) groups excluding carboxylic acids is 2. The van der Waals surface area contributed by atoms with Gasteiger partial charge in [0, 0.05) is 5.69 Å². The van der Waals surface area contributed by atoms with Crippen LogP contribution in [0.2, 0.25) is 5.02 Å². The Kier molecular flexibility index (Phi) is 4.77. The van der Waals surface area contributed by atoms with Crippen molar-refractivity contribution in [2.45, 2.75) is 13.8 Å². The normalized spacial score (nSPS) is 18.8. The molecule has 0 spiro atoms. The number of anilines is 2. The third kappa shape index (κ3) is 3.32. The zero-order valence-corrected chi connectivity index (χ0v) is 15.8. The predicted octanol–water partition coefficient (Wildman–Crippen LogP) is 3.21. The number of aryl methyl sites for hydroxylation is 1. The van der Waals surface area contributed by atoms with E-state index >= 15 is 0 Å². The first-order valence-electron chi connectivity index (χ1n) is 7.94. The quantitative estimate of drug-likeness (QED) is 0.869. The van der Waals surface area contributed by atoms with Gasteiger partial charge < -0.3 is 5.32 Å². The smallest absolute Gasteiger partial charge is 0.257 e. The molecule has 3 rings (SSSR count). The summed E-state index contributed by atoms with van der Waals surface area (Å²) in [5, 5.41) is 2.83. The highest BCUT2D eigenvalue weighted by Crippen LogP contribution is 2.31. The summed E-state index contributed by atoms with van der Waals surface area (Å²) in [5.41, 5.74) is 1.88. The first kappa shape index (κ1) is 18.4. The Hall–Kier alpha value is -2.38. The Morgan fingerprint density at radius 3 is 2.50 bits per heavy atom. The number of halogens is 1. The minimum atomic E-state index is -3.72. The highest BCUT2D eigenvalue weighted by Gasteiger charge is 2.42. The molecule has 1 aliphatic rings. The SMILES string of the molecule is Cc1ccccc1NC(=O)c1ccc(N2C(=O)[C@H](C)CS2(=O)=O)cc1Cl. The van der Waals surface area contributed by atoms with Crippen molar-refractivity contribution in [3.63, 3.8) is 0 Å². The Morgan fingerprint density at radius 2 is 1.92 bits per heavy atom. The third-order valence-corrected chi connectivity index (χ3v) is 6.37. The van der Waals surface area contributed by atoms with Gasteiger partial charge in [0.15, 0.2) is 0 Å². The fourth-order valence-corrected chi connectivity index (χ4v) is 4.88. The Morgan fingerprint density at radius 1 is 1.23 bits per heavy atom. The first-order valence-corrected chi connectivity index (χ1v) is 9.93. The standard InChI is InChI=1S/C18H17ClN2O4S/c1-11-5-3-4-6-16(11)20-17(22)14-8-7-13(9-15(14)19)21-18(23)12(2)10-26(21,24)25/h3-9,12H,10H2,1-2H3,(H,20,22)/t12-/m1/s1. The molecule has 8 heteroatoms. The van der Waals surface area contributed by atoms with E-state index in [1.54, 1.807) is 19.1 Å². The second kappa shape index (κ2) is 6.74. The van der Waals surface area contributed by atoms with Crippen molar-refractivity contribution in [3.05, 3.63) is 58.6 Å². The van der Waals surface area contributed by atoms with Gasteiger partial charge in [-0.25, -0.2) is 12.7 Å². The lowest BCUT2D eigenvalue weighted by Gasteiger charge is -2.16. The molecule has 0 saturated carbocycles. The van der Waals surface area contributed by atoms with Crippen LogP contribution in [-0.2, 0) is 14.8 Å². The Labute approximate surface area is 156 Å². The molecule has 26 heavy (non-hydrogen) atoms. The molecule has 6 nitrogen and oxygen atoms in total. The lowest BCUT2D eigenvalue weighted by molar-refractivity contribution is -0.119. The van der Waals surface area contributed by atoms with Crippen LogP contribution in [0.4, 0.5) is 11.4 Å². The zero-order valence-electron chi connectivity index (χ0n) is 14.2. The van der Waals surface area contributed by atoms with Crippen LogP contribution in [-0.4, -0.2) is 26.0 Å². The van der Waals surface area contributed by atoms with Gasteiger partial charge in [-0.15, -0.1) is 0 Å². The molecular weight excluding hydrogens is 376 g/mol. The zero-order chi connectivity index (χ0) is 19.1. The van der Waals surface area contributed by atoms with E-state index in [9.17, 15) is 18.0 Å². The van der Waals surface area contributed by atoms with E-state index in [-0.39, 0.29) is 22.0 Å². The van der Waals surface area contributed by atoms with Crippen molar-refractivity contribution >= 4 is 44.8 Å². The topological polar surface area (TPSA) is 83.6 Å². The summed E-state index contributed by atoms with van der Waals surface area (Å²) < 4.78 is 25.1. The van der Waals surface area contributed by atoms with Gasteiger partial charge in [-0.3, -0.25) is 9.59 Å². The monoisotopic (exact) mass is 392 g/mol. The van der Waals surface area contributed by atoms with Crippen LogP contribution in [0, 0.1) is 12.8 Å². The van der Waals surface area contributed by atoms with Crippen LogP contribution in [0.1, 0.15) is 22.8 Å². The van der Waals surface area contributed by atoms with Crippen LogP contribution in [0.5, 0.6) is 0 Å². The third-order valence-electron chi connectivity index (χ3n) is 4.19. The second-order valence-electron chi connectivity index (χ2n) is 6.22. The predicted molar refractivity (Wildman–Crippen MR) is 101 cm³/mol. The molecule has 1 N–H and O–H groups in total. The van der Waals surface area contributed by atoms with Gasteiger partial charge in [-0.1, -0.05) is 36.7 Å². The van der Waals surface area contributed by atoms with Gasteiger partial charge >= 0.3 is 0 Å². The Balaban J connectivity index is 1.90. The highest BCUT2D eigenvalue weighted by molar-refractivity contribution is 7.94. The molecule has 1 heterocycles. The molecule has 1 atom stereocenters. The molecule has 2 aromatic carbocycles. The average Bonchev–Trinajstić information content (AvgIpc) is 2.76. The summed E-state index contributed by atoms with van der Waals surface area (Å²) in [6.45, 7) is 3.43. The largest absolute Gasteiger partial charge is 0.322 e. The van der Waals surface area contributed by atoms with Crippen molar-refractivity contribution in [1.29, 1.82) is 0 Å². The summed E-state index contributed by atoms with van der Waals surface area (Å²) in [5.74, 6) is -1.76. The van der Waals surface area contributed by atoms with Crippen LogP contribution in [0.15, 0.2) is 42.5 Å². The summed E-state index contributed by atoms with van der Waals surface area (Å²) in [6, 6.07) is 11.4. The number of nitrogens with one attached hydrogen (secondary N) is 1. The number of nitrogens with zero attached hydrogens (tertiary/aromatic N) is 1. The number of hydrogen-bond donors (Lipinski definition) is 1. The molecule has 0 radical (unpaired) electrons. The summed E-state index contributed by atoms with van der Waals surface area (Å²) in [4.78, 5) is 24.6. The molecule has 2 aromatic rings. The van der Waals surface area contributed by atoms with Crippen LogP contribution >= 0.6 is 11.6 Å². The van der Waals surface area contributed by atoms with Crippen molar-refractivity contribution in [1.82, 2.24) is 0 Å². The summed E-state index contributed by atoms with van der Waals surface area (Å²) in [6.07, 6.45) is 0. The molecule has 1 saturated heterocycles. The van der Waals surface area contributed by atoms with Gasteiger partial charge in [0.25, 0.3) is 5.91 Å². The molecular formula is C18H17ClN2O4S. The summed E-state index contributed by atoms with van der Waals surface area (Å²) >= 11 is 6.19. The number of rotatable bonds is 3. The maximum atomic E-state index is 12.5. The van der Waals surface area contributed by atoms with Gasteiger partial charge in [0.2, 0.25) is 15.9 Å². The van der Waals surface area contributed by atoms with E-state index in [0.29, 0.717) is 5.69 Å². The molecule has 136 valence electrons. The lowest BCUT2D eigenvalue weighted by atomic mass is 10.1. The molecule has 1 aliphatic heterocycles. The maximum Gasteiger partial charge on any atom is 0.257 e. The van der Waals surface area contributed by atoms with Crippen molar-refractivity contribution in [2.24, 2.45) is 5.92 Å². The molecule has 1 fully saturated rings. The number of sulfonamides is 1. The number of para-hydroxylation sites is 1. The van der Waals surface area contributed by atoms with E-state index in [0.717, 1.165) is 9.87 Å². The van der Waals surface area contributed by atoms with Gasteiger partial charge in [-0.05, 0) is 36.8 Å².